The summed E-state index contributed by atoms with van der Waals surface area (Å²) in [5.41, 5.74) is 3.52. The molecule has 0 aliphatic carbocycles. The summed E-state index contributed by atoms with van der Waals surface area (Å²) in [5.74, 6) is -0.231. The van der Waals surface area contributed by atoms with E-state index < -0.39 is 0 Å². The molecule has 0 aliphatic heterocycles. The standard InChI is InChI=1S/C29H27ClN4O2S/c1-34(14-15-36-2)29(35)26-27(23-9-5-7-20-6-3-4-8-22(20)23)37-28(33-26)24(25-17-31-18-32-25)16-19-10-12-21(30)13-11-19/h3-13,17-18,24H,14-16H2,1-2H3,(H,31,32). The maximum Gasteiger partial charge on any atom is 0.273 e. The second-order valence-electron chi connectivity index (χ2n) is 8.87. The Labute approximate surface area is 224 Å². The maximum atomic E-state index is 13.7. The van der Waals surface area contributed by atoms with Crippen LogP contribution in [0.1, 0.15) is 32.7 Å². The van der Waals surface area contributed by atoms with Gasteiger partial charge in [-0.15, -0.1) is 11.3 Å². The molecule has 188 valence electrons. The third-order valence-electron chi connectivity index (χ3n) is 6.40. The van der Waals surface area contributed by atoms with Crippen LogP contribution in [0.4, 0.5) is 0 Å². The molecule has 5 aromatic rings. The Balaban J connectivity index is 1.64. The monoisotopic (exact) mass is 530 g/mol. The maximum absolute atomic E-state index is 13.7. The van der Waals surface area contributed by atoms with Crippen LogP contribution in [0, 0.1) is 0 Å². The summed E-state index contributed by atoms with van der Waals surface area (Å²) in [6.07, 6.45) is 4.19. The molecule has 1 atom stereocenters. The molecule has 0 saturated carbocycles. The number of hydrogen-bond donors (Lipinski definition) is 1. The van der Waals surface area contributed by atoms with Crippen molar-refractivity contribution in [3.05, 3.63) is 106 Å². The minimum Gasteiger partial charge on any atom is -0.383 e. The second kappa shape index (κ2) is 11.3. The van der Waals surface area contributed by atoms with E-state index in [0.717, 1.165) is 37.5 Å². The molecule has 3 aromatic carbocycles. The van der Waals surface area contributed by atoms with Crippen LogP contribution in [-0.4, -0.2) is 53.1 Å². The first-order valence-corrected chi connectivity index (χ1v) is 13.2. The predicted octanol–water partition coefficient (Wildman–Crippen LogP) is 6.43. The van der Waals surface area contributed by atoms with E-state index in [1.54, 1.807) is 36.7 Å². The van der Waals surface area contributed by atoms with Crippen LogP contribution in [0.2, 0.25) is 5.02 Å². The van der Waals surface area contributed by atoms with Crippen molar-refractivity contribution >= 4 is 39.6 Å². The van der Waals surface area contributed by atoms with Crippen molar-refractivity contribution in [3.8, 4) is 10.4 Å². The number of rotatable bonds is 9. The molecule has 1 N–H and O–H groups in total. The highest BCUT2D eigenvalue weighted by Gasteiger charge is 2.28. The summed E-state index contributed by atoms with van der Waals surface area (Å²) < 4.78 is 5.21. The number of nitrogens with one attached hydrogen (secondary N) is 1. The number of likely N-dealkylation sites (N-methyl/N-ethyl adjacent to an activating group) is 1. The Morgan fingerprint density at radius 3 is 2.65 bits per heavy atom. The van der Waals surface area contributed by atoms with Crippen LogP contribution in [0.15, 0.2) is 79.3 Å². The summed E-state index contributed by atoms with van der Waals surface area (Å²) in [5, 5.41) is 3.75. The molecule has 5 rings (SSSR count). The van der Waals surface area contributed by atoms with Crippen molar-refractivity contribution < 1.29 is 9.53 Å². The number of imidazole rings is 1. The van der Waals surface area contributed by atoms with E-state index in [4.69, 9.17) is 21.3 Å². The fourth-order valence-corrected chi connectivity index (χ4v) is 5.73. The quantitative estimate of drug-likeness (QED) is 0.238. The van der Waals surface area contributed by atoms with Gasteiger partial charge in [0.25, 0.3) is 5.91 Å². The highest BCUT2D eigenvalue weighted by Crippen LogP contribution is 2.40. The molecule has 0 fully saturated rings. The molecule has 8 heteroatoms. The van der Waals surface area contributed by atoms with Gasteiger partial charge in [0.1, 0.15) is 10.7 Å². The summed E-state index contributed by atoms with van der Waals surface area (Å²) >= 11 is 7.69. The number of benzene rings is 3. The van der Waals surface area contributed by atoms with E-state index in [0.29, 0.717) is 30.3 Å². The number of amides is 1. The third kappa shape index (κ3) is 5.44. The lowest BCUT2D eigenvalue weighted by atomic mass is 9.97. The molecule has 1 unspecified atom stereocenters. The zero-order valence-corrected chi connectivity index (χ0v) is 22.2. The minimum absolute atomic E-state index is 0.103. The zero-order chi connectivity index (χ0) is 25.8. The van der Waals surface area contributed by atoms with Gasteiger partial charge in [0.15, 0.2) is 0 Å². The van der Waals surface area contributed by atoms with E-state index in [1.165, 1.54) is 0 Å². The molecule has 2 aromatic heterocycles. The normalized spacial score (nSPS) is 12.1. The molecule has 2 heterocycles. The third-order valence-corrected chi connectivity index (χ3v) is 7.86. The zero-order valence-electron chi connectivity index (χ0n) is 20.6. The molecule has 0 radical (unpaired) electrons. The number of aromatic amines is 1. The first kappa shape index (κ1) is 25.1. The van der Waals surface area contributed by atoms with E-state index in [9.17, 15) is 4.79 Å². The molecule has 6 nitrogen and oxygen atoms in total. The van der Waals surface area contributed by atoms with Crippen molar-refractivity contribution in [1.29, 1.82) is 0 Å². The Morgan fingerprint density at radius 2 is 1.89 bits per heavy atom. The smallest absolute Gasteiger partial charge is 0.273 e. The molecule has 0 saturated heterocycles. The Bertz CT molecular complexity index is 1490. The van der Waals surface area contributed by atoms with Crippen molar-refractivity contribution in [2.24, 2.45) is 0 Å². The van der Waals surface area contributed by atoms with Gasteiger partial charge in [0.2, 0.25) is 0 Å². The van der Waals surface area contributed by atoms with Crippen LogP contribution < -0.4 is 0 Å². The van der Waals surface area contributed by atoms with Gasteiger partial charge in [0, 0.05) is 43.2 Å². The fourth-order valence-electron chi connectivity index (χ4n) is 4.39. The number of fused-ring (bicyclic) bond motifs is 1. The number of hydrogen-bond acceptors (Lipinski definition) is 5. The van der Waals surface area contributed by atoms with Crippen LogP contribution in [0.3, 0.4) is 0 Å². The van der Waals surface area contributed by atoms with Crippen LogP contribution >= 0.6 is 22.9 Å². The predicted molar refractivity (Wildman–Crippen MR) is 149 cm³/mol. The van der Waals surface area contributed by atoms with Gasteiger partial charge in [-0.1, -0.05) is 66.2 Å². The molecule has 0 aliphatic rings. The van der Waals surface area contributed by atoms with Gasteiger partial charge in [0.05, 0.1) is 23.7 Å². The van der Waals surface area contributed by atoms with E-state index in [-0.39, 0.29) is 11.8 Å². The minimum atomic E-state index is -0.127. The number of methoxy groups -OCH3 is 1. The van der Waals surface area contributed by atoms with Crippen molar-refractivity contribution in [3.63, 3.8) is 0 Å². The Morgan fingerprint density at radius 1 is 1.11 bits per heavy atom. The Kier molecular flexibility index (Phi) is 7.65. The average Bonchev–Trinajstić information content (AvgIpc) is 3.61. The first-order chi connectivity index (χ1) is 18.0. The molecular weight excluding hydrogens is 504 g/mol. The Hall–Kier alpha value is -3.52. The van der Waals surface area contributed by atoms with Crippen molar-refractivity contribution in [1.82, 2.24) is 19.9 Å². The first-order valence-electron chi connectivity index (χ1n) is 12.0. The SMILES string of the molecule is COCCN(C)C(=O)c1nc(C(Cc2ccc(Cl)cc2)c2cnc[nH]2)sc1-c1cccc2ccccc12. The number of thiazole rings is 1. The van der Waals surface area contributed by atoms with Gasteiger partial charge in [-0.2, -0.15) is 0 Å². The van der Waals surface area contributed by atoms with Crippen molar-refractivity contribution in [2.45, 2.75) is 12.3 Å². The summed E-state index contributed by atoms with van der Waals surface area (Å²) in [6.45, 7) is 0.933. The number of nitrogens with zero attached hydrogens (tertiary/aromatic N) is 3. The topological polar surface area (TPSA) is 71.1 Å². The number of carbonyl (C=O) groups is 1. The van der Waals surface area contributed by atoms with Crippen LogP contribution in [0.5, 0.6) is 0 Å². The number of H-pyrrole nitrogens is 1. The lowest BCUT2D eigenvalue weighted by Crippen LogP contribution is -2.30. The number of carbonyl (C=O) groups excluding carboxylic acids is 1. The fraction of sp³-hybridized carbons (Fsp3) is 0.207. The van der Waals surface area contributed by atoms with Gasteiger partial charge >= 0.3 is 0 Å². The second-order valence-corrected chi connectivity index (χ2v) is 10.3. The molecule has 37 heavy (non-hydrogen) atoms. The summed E-state index contributed by atoms with van der Waals surface area (Å²) in [6, 6.07) is 22.2. The lowest BCUT2D eigenvalue weighted by Gasteiger charge is -2.16. The van der Waals surface area contributed by atoms with E-state index in [2.05, 4.69) is 34.2 Å². The molecule has 0 spiro atoms. The molecular formula is C29H27ClN4O2S. The van der Waals surface area contributed by atoms with Gasteiger partial charge < -0.3 is 14.6 Å². The summed E-state index contributed by atoms with van der Waals surface area (Å²) in [4.78, 5) is 28.7. The molecule has 0 bridgehead atoms. The number of aromatic nitrogens is 3. The van der Waals surface area contributed by atoms with Crippen LogP contribution in [0.25, 0.3) is 21.2 Å². The van der Waals surface area contributed by atoms with Gasteiger partial charge in [-0.25, -0.2) is 9.97 Å². The van der Waals surface area contributed by atoms with Crippen molar-refractivity contribution in [2.75, 3.05) is 27.3 Å². The largest absolute Gasteiger partial charge is 0.383 e. The van der Waals surface area contributed by atoms with E-state index in [1.807, 2.05) is 48.7 Å². The number of halogens is 1. The lowest BCUT2D eigenvalue weighted by molar-refractivity contribution is 0.0740. The van der Waals surface area contributed by atoms with Gasteiger partial charge in [-0.05, 0) is 34.9 Å². The highest BCUT2D eigenvalue weighted by atomic mass is 35.5. The van der Waals surface area contributed by atoms with Gasteiger partial charge in [-0.3, -0.25) is 4.79 Å². The van der Waals surface area contributed by atoms with E-state index >= 15 is 0 Å². The average molecular weight is 531 g/mol. The number of ether oxygens (including phenoxy) is 1. The highest BCUT2D eigenvalue weighted by molar-refractivity contribution is 7.15. The molecule has 1 amide bonds. The summed E-state index contributed by atoms with van der Waals surface area (Å²) in [7, 11) is 3.42. The van der Waals surface area contributed by atoms with Crippen LogP contribution in [-0.2, 0) is 11.2 Å².